The number of hydrogen-bond donors (Lipinski definition) is 1. The topological polar surface area (TPSA) is 12.0 Å². The van der Waals surface area contributed by atoms with Crippen molar-refractivity contribution in [2.24, 2.45) is 0 Å². The first-order valence-electron chi connectivity index (χ1n) is 4.72. The first-order valence-corrected chi connectivity index (χ1v) is 4.72. The fourth-order valence-corrected chi connectivity index (χ4v) is 1.88. The molecular formula is C12H18NY-. The van der Waals surface area contributed by atoms with Crippen molar-refractivity contribution < 1.29 is 32.7 Å². The molecule has 0 bridgehead atoms. The van der Waals surface area contributed by atoms with Crippen molar-refractivity contribution in [2.45, 2.75) is 18.8 Å². The molecule has 0 amide bonds. The van der Waals surface area contributed by atoms with Crippen LogP contribution in [-0.4, -0.2) is 13.1 Å². The van der Waals surface area contributed by atoms with Crippen molar-refractivity contribution in [1.82, 2.24) is 5.32 Å². The maximum absolute atomic E-state index is 3.38. The van der Waals surface area contributed by atoms with Gasteiger partial charge in [-0.2, -0.15) is 0 Å². The Morgan fingerprint density at radius 2 is 1.57 bits per heavy atom. The van der Waals surface area contributed by atoms with Crippen LogP contribution in [0.3, 0.4) is 0 Å². The van der Waals surface area contributed by atoms with Crippen LogP contribution in [0.5, 0.6) is 0 Å². The van der Waals surface area contributed by atoms with Crippen LogP contribution in [0.15, 0.2) is 30.3 Å². The molecule has 1 fully saturated rings. The summed E-state index contributed by atoms with van der Waals surface area (Å²) in [7, 11) is 0. The molecule has 14 heavy (non-hydrogen) atoms. The minimum atomic E-state index is 0. The molecule has 1 nitrogen and oxygen atoms in total. The third-order valence-corrected chi connectivity index (χ3v) is 2.61. The van der Waals surface area contributed by atoms with Crippen molar-refractivity contribution in [3.05, 3.63) is 43.3 Å². The smallest absolute Gasteiger partial charge is 0 e. The normalized spacial score (nSPS) is 16.6. The molecule has 1 saturated heterocycles. The van der Waals surface area contributed by atoms with Crippen LogP contribution in [0.25, 0.3) is 0 Å². The third-order valence-electron chi connectivity index (χ3n) is 2.61. The number of piperidine rings is 1. The maximum Gasteiger partial charge on any atom is 0 e. The van der Waals surface area contributed by atoms with E-state index in [-0.39, 0.29) is 40.1 Å². The second-order valence-electron chi connectivity index (χ2n) is 3.43. The summed E-state index contributed by atoms with van der Waals surface area (Å²) in [6, 6.07) is 10.9. The first-order chi connectivity index (χ1) is 5.97. The van der Waals surface area contributed by atoms with Gasteiger partial charge < -0.3 is 12.7 Å². The van der Waals surface area contributed by atoms with Gasteiger partial charge in [-0.3, -0.25) is 0 Å². The van der Waals surface area contributed by atoms with E-state index in [9.17, 15) is 0 Å². The van der Waals surface area contributed by atoms with Gasteiger partial charge >= 0.3 is 0 Å². The average molecular weight is 265 g/mol. The van der Waals surface area contributed by atoms with Gasteiger partial charge in [0.2, 0.25) is 0 Å². The van der Waals surface area contributed by atoms with Crippen LogP contribution in [0.2, 0.25) is 0 Å². The predicted molar refractivity (Wildman–Crippen MR) is 57.7 cm³/mol. The zero-order chi connectivity index (χ0) is 8.23. The third kappa shape index (κ3) is 3.80. The Hall–Kier alpha value is 0.284. The molecule has 75 valence electrons. The summed E-state index contributed by atoms with van der Waals surface area (Å²) in [6.45, 7) is 2.36. The van der Waals surface area contributed by atoms with E-state index < -0.39 is 0 Å². The van der Waals surface area contributed by atoms with Crippen LogP contribution >= 0.6 is 0 Å². The van der Waals surface area contributed by atoms with Crippen LogP contribution in [-0.2, 0) is 32.7 Å². The van der Waals surface area contributed by atoms with Crippen molar-refractivity contribution in [1.29, 1.82) is 0 Å². The summed E-state index contributed by atoms with van der Waals surface area (Å²) in [5.41, 5.74) is 1.51. The van der Waals surface area contributed by atoms with Gasteiger partial charge in [0.05, 0.1) is 0 Å². The Kier molecular flexibility index (Phi) is 7.71. The van der Waals surface area contributed by atoms with Gasteiger partial charge in [-0.25, -0.2) is 0 Å². The quantitative estimate of drug-likeness (QED) is 0.770. The van der Waals surface area contributed by atoms with E-state index in [1.54, 1.807) is 0 Å². The summed E-state index contributed by atoms with van der Waals surface area (Å²) in [5.74, 6) is 0.799. The molecule has 0 spiro atoms. The van der Waals surface area contributed by atoms with Gasteiger partial charge in [-0.1, -0.05) is 30.3 Å². The molecule has 1 heterocycles. The summed E-state index contributed by atoms with van der Waals surface area (Å²) in [5, 5.41) is 3.38. The summed E-state index contributed by atoms with van der Waals surface area (Å²) >= 11 is 0. The SMILES string of the molecule is [CH3-].[Y].c1ccc(C2CCNCC2)cc1. The Morgan fingerprint density at radius 3 is 2.14 bits per heavy atom. The second-order valence-corrected chi connectivity index (χ2v) is 3.43. The van der Waals surface area contributed by atoms with E-state index >= 15 is 0 Å². The molecule has 1 N–H and O–H groups in total. The summed E-state index contributed by atoms with van der Waals surface area (Å²) < 4.78 is 0. The summed E-state index contributed by atoms with van der Waals surface area (Å²) in [4.78, 5) is 0. The Balaban J connectivity index is 0.000000845. The number of nitrogens with one attached hydrogen (secondary N) is 1. The predicted octanol–water partition coefficient (Wildman–Crippen LogP) is 2.60. The van der Waals surface area contributed by atoms with Crippen molar-refractivity contribution in [3.63, 3.8) is 0 Å². The molecule has 0 saturated carbocycles. The minimum Gasteiger partial charge on any atom is -0.358 e. The average Bonchev–Trinajstić information content (AvgIpc) is 2.21. The summed E-state index contributed by atoms with van der Waals surface area (Å²) in [6.07, 6.45) is 2.59. The van der Waals surface area contributed by atoms with Crippen LogP contribution < -0.4 is 5.32 Å². The van der Waals surface area contributed by atoms with Gasteiger partial charge in [-0.15, -0.1) is 0 Å². The van der Waals surface area contributed by atoms with Gasteiger partial charge in [0.1, 0.15) is 0 Å². The van der Waals surface area contributed by atoms with Gasteiger partial charge in [0, 0.05) is 32.7 Å². The number of hydrogen-bond acceptors (Lipinski definition) is 1. The molecule has 1 aromatic carbocycles. The van der Waals surface area contributed by atoms with Gasteiger partial charge in [0.25, 0.3) is 0 Å². The maximum atomic E-state index is 3.38. The number of benzene rings is 1. The fourth-order valence-electron chi connectivity index (χ4n) is 1.88. The molecule has 1 aromatic rings. The Labute approximate surface area is 113 Å². The Bertz CT molecular complexity index is 229. The van der Waals surface area contributed by atoms with Crippen molar-refractivity contribution in [2.75, 3.05) is 13.1 Å². The van der Waals surface area contributed by atoms with Crippen molar-refractivity contribution in [3.8, 4) is 0 Å². The van der Waals surface area contributed by atoms with Crippen LogP contribution in [0, 0.1) is 7.43 Å². The van der Waals surface area contributed by atoms with Crippen LogP contribution in [0.1, 0.15) is 24.3 Å². The van der Waals surface area contributed by atoms with E-state index in [0.29, 0.717) is 0 Å². The van der Waals surface area contributed by atoms with E-state index in [4.69, 9.17) is 0 Å². The molecule has 2 rings (SSSR count). The zero-order valence-electron chi connectivity index (χ0n) is 8.87. The van der Waals surface area contributed by atoms with Crippen LogP contribution in [0.4, 0.5) is 0 Å². The van der Waals surface area contributed by atoms with Gasteiger partial charge in [-0.05, 0) is 37.4 Å². The van der Waals surface area contributed by atoms with E-state index in [2.05, 4.69) is 35.6 Å². The molecule has 0 aliphatic carbocycles. The van der Waals surface area contributed by atoms with E-state index in [0.717, 1.165) is 5.92 Å². The largest absolute Gasteiger partial charge is 0.358 e. The molecular weight excluding hydrogens is 247 g/mol. The molecule has 0 unspecified atom stereocenters. The molecule has 1 aliphatic rings. The minimum absolute atomic E-state index is 0. The van der Waals surface area contributed by atoms with E-state index in [1.807, 2.05) is 0 Å². The molecule has 1 aliphatic heterocycles. The molecule has 0 aromatic heterocycles. The second kappa shape index (κ2) is 7.56. The van der Waals surface area contributed by atoms with Gasteiger partial charge in [0.15, 0.2) is 0 Å². The molecule has 2 heteroatoms. The number of rotatable bonds is 1. The zero-order valence-corrected chi connectivity index (χ0v) is 11.7. The fraction of sp³-hybridized carbons (Fsp3) is 0.417. The van der Waals surface area contributed by atoms with E-state index in [1.165, 1.54) is 31.5 Å². The van der Waals surface area contributed by atoms with Crippen molar-refractivity contribution >= 4 is 0 Å². The molecule has 1 radical (unpaired) electrons. The Morgan fingerprint density at radius 1 is 1.00 bits per heavy atom. The first kappa shape index (κ1) is 14.3. The monoisotopic (exact) mass is 265 g/mol. The standard InChI is InChI=1S/C11H15N.CH3.Y/c1-2-4-10(5-3-1)11-6-8-12-9-7-11;;/h1-5,11-12H,6-9H2;1H3;/q;-1;. The molecule has 0 atom stereocenters.